The maximum atomic E-state index is 9.38. The highest BCUT2D eigenvalue weighted by molar-refractivity contribution is 6.02. The molecule has 0 unspecified atom stereocenters. The molecule has 0 fully saturated rings. The summed E-state index contributed by atoms with van der Waals surface area (Å²) < 4.78 is 5.82. The van der Waals surface area contributed by atoms with E-state index in [9.17, 15) is 5.26 Å². The van der Waals surface area contributed by atoms with E-state index in [1.807, 2.05) is 18.2 Å². The van der Waals surface area contributed by atoms with E-state index < -0.39 is 0 Å². The molecule has 0 atom stereocenters. The van der Waals surface area contributed by atoms with Gasteiger partial charge in [0.05, 0.1) is 11.6 Å². The van der Waals surface area contributed by atoms with Crippen molar-refractivity contribution >= 4 is 22.2 Å². The molecule has 4 aromatic carbocycles. The van der Waals surface area contributed by atoms with Crippen molar-refractivity contribution in [2.75, 3.05) is 0 Å². The molecule has 4 nitrogen and oxygen atoms in total. The van der Waals surface area contributed by atoms with Gasteiger partial charge in [-0.05, 0) is 74.8 Å². The molecule has 0 amide bonds. The molecule has 2 heterocycles. The Morgan fingerprint density at radius 2 is 1.31 bits per heavy atom. The second-order valence-electron chi connectivity index (χ2n) is 9.86. The Labute approximate surface area is 208 Å². The zero-order valence-electron chi connectivity index (χ0n) is 19.9. The van der Waals surface area contributed by atoms with Crippen molar-refractivity contribution in [2.24, 2.45) is 0 Å². The third-order valence-corrected chi connectivity index (χ3v) is 7.46. The lowest BCUT2D eigenvalue weighted by Crippen LogP contribution is -2.15. The molecule has 0 saturated heterocycles. The number of furan rings is 1. The first kappa shape index (κ1) is 20.6. The maximum Gasteiger partial charge on any atom is 0.246 e. The van der Waals surface area contributed by atoms with E-state index in [1.165, 1.54) is 33.4 Å². The van der Waals surface area contributed by atoms with Gasteiger partial charge in [0.1, 0.15) is 11.1 Å². The predicted molar refractivity (Wildman–Crippen MR) is 142 cm³/mol. The van der Waals surface area contributed by atoms with Gasteiger partial charge >= 0.3 is 0 Å². The summed E-state index contributed by atoms with van der Waals surface area (Å²) >= 11 is 0. The third kappa shape index (κ3) is 2.93. The van der Waals surface area contributed by atoms with Crippen LogP contribution in [0.2, 0.25) is 0 Å². The Kier molecular flexibility index (Phi) is 4.22. The van der Waals surface area contributed by atoms with Gasteiger partial charge < -0.3 is 4.42 Å². The zero-order chi connectivity index (χ0) is 24.4. The first-order valence-electron chi connectivity index (χ1n) is 12.0. The standard InChI is InChI=1S/C32H21N3O/c1-32(2)27-15-19(18-33)3-10-24(27)25-11-8-23(17-28(25)32)21-6-4-20(5-7-21)22-9-12-29-26(16-22)30-31(36-29)35-14-13-34-30/h3-17H,1-2H3. The number of fused-ring (bicyclic) bond motifs is 6. The molecule has 0 spiro atoms. The van der Waals surface area contributed by atoms with Crippen LogP contribution in [0.1, 0.15) is 30.5 Å². The van der Waals surface area contributed by atoms with E-state index in [0.717, 1.165) is 27.6 Å². The van der Waals surface area contributed by atoms with Crippen LogP contribution < -0.4 is 0 Å². The van der Waals surface area contributed by atoms with Crippen LogP contribution in [0.3, 0.4) is 0 Å². The van der Waals surface area contributed by atoms with Crippen LogP contribution in [0.25, 0.3) is 55.6 Å². The number of nitriles is 1. The largest absolute Gasteiger partial charge is 0.436 e. The van der Waals surface area contributed by atoms with Gasteiger partial charge in [-0.2, -0.15) is 5.26 Å². The van der Waals surface area contributed by atoms with Crippen LogP contribution in [0.4, 0.5) is 0 Å². The van der Waals surface area contributed by atoms with Crippen LogP contribution in [-0.2, 0) is 5.41 Å². The molecule has 2 aromatic heterocycles. The highest BCUT2D eigenvalue weighted by atomic mass is 16.3. The SMILES string of the molecule is CC1(C)c2cc(C#N)ccc2-c2ccc(-c3ccc(-c4ccc5oc6nccnc6c5c4)cc3)cc21. The number of nitrogens with zero attached hydrogens (tertiary/aromatic N) is 3. The van der Waals surface area contributed by atoms with E-state index in [4.69, 9.17) is 4.42 Å². The minimum absolute atomic E-state index is 0.154. The van der Waals surface area contributed by atoms with Crippen molar-refractivity contribution in [3.8, 4) is 39.4 Å². The molecule has 1 aliphatic carbocycles. The minimum atomic E-state index is -0.154. The lowest BCUT2D eigenvalue weighted by Gasteiger charge is -2.22. The molecule has 0 N–H and O–H groups in total. The fourth-order valence-corrected chi connectivity index (χ4v) is 5.51. The fourth-order valence-electron chi connectivity index (χ4n) is 5.51. The van der Waals surface area contributed by atoms with Crippen molar-refractivity contribution < 1.29 is 4.42 Å². The first-order valence-corrected chi connectivity index (χ1v) is 12.0. The Hall–Kier alpha value is -4.75. The Bertz CT molecular complexity index is 1870. The average Bonchev–Trinajstić information content (AvgIpc) is 3.40. The average molecular weight is 464 g/mol. The lowest BCUT2D eigenvalue weighted by molar-refractivity contribution is 0.653. The summed E-state index contributed by atoms with van der Waals surface area (Å²) in [5.74, 6) is 0. The Morgan fingerprint density at radius 3 is 2.06 bits per heavy atom. The highest BCUT2D eigenvalue weighted by Gasteiger charge is 2.35. The van der Waals surface area contributed by atoms with Gasteiger partial charge in [-0.25, -0.2) is 9.97 Å². The lowest BCUT2D eigenvalue weighted by atomic mass is 9.81. The molecule has 0 radical (unpaired) electrons. The molecule has 0 saturated carbocycles. The number of rotatable bonds is 2. The Balaban J connectivity index is 1.26. The second kappa shape index (κ2) is 7.37. The molecular formula is C32H21N3O. The molecule has 1 aliphatic rings. The van der Waals surface area contributed by atoms with Gasteiger partial charge in [-0.15, -0.1) is 0 Å². The van der Waals surface area contributed by atoms with Gasteiger partial charge in [0, 0.05) is 23.2 Å². The summed E-state index contributed by atoms with van der Waals surface area (Å²) in [4.78, 5) is 8.73. The summed E-state index contributed by atoms with van der Waals surface area (Å²) in [5.41, 5.74) is 12.3. The van der Waals surface area contributed by atoms with Crippen LogP contribution >= 0.6 is 0 Å². The van der Waals surface area contributed by atoms with Crippen LogP contribution in [0.5, 0.6) is 0 Å². The summed E-state index contributed by atoms with van der Waals surface area (Å²) in [7, 11) is 0. The molecule has 0 bridgehead atoms. The van der Waals surface area contributed by atoms with Crippen LogP contribution in [-0.4, -0.2) is 9.97 Å². The normalized spacial score (nSPS) is 13.5. The van der Waals surface area contributed by atoms with Crippen molar-refractivity contribution in [3.05, 3.63) is 108 Å². The maximum absolute atomic E-state index is 9.38. The highest BCUT2D eigenvalue weighted by Crippen LogP contribution is 2.49. The number of hydrogen-bond donors (Lipinski definition) is 0. The summed E-state index contributed by atoms with van der Waals surface area (Å²) in [6, 6.07) is 29.9. The predicted octanol–water partition coefficient (Wildman–Crippen LogP) is 7.89. The molecule has 6 aromatic rings. The van der Waals surface area contributed by atoms with Gasteiger partial charge in [0.25, 0.3) is 0 Å². The molecule has 7 rings (SSSR count). The summed E-state index contributed by atoms with van der Waals surface area (Å²) in [5, 5.41) is 10.4. The van der Waals surface area contributed by atoms with Crippen molar-refractivity contribution in [2.45, 2.75) is 19.3 Å². The molecule has 0 aliphatic heterocycles. The minimum Gasteiger partial charge on any atom is -0.436 e. The smallest absolute Gasteiger partial charge is 0.246 e. The van der Waals surface area contributed by atoms with Crippen LogP contribution in [0.15, 0.2) is 95.7 Å². The van der Waals surface area contributed by atoms with E-state index in [1.54, 1.807) is 12.4 Å². The monoisotopic (exact) mass is 463 g/mol. The van der Waals surface area contributed by atoms with Gasteiger partial charge in [0.2, 0.25) is 5.71 Å². The fraction of sp³-hybridized carbons (Fsp3) is 0.0938. The van der Waals surface area contributed by atoms with E-state index in [0.29, 0.717) is 11.3 Å². The number of aromatic nitrogens is 2. The van der Waals surface area contributed by atoms with Crippen molar-refractivity contribution in [3.63, 3.8) is 0 Å². The van der Waals surface area contributed by atoms with Crippen molar-refractivity contribution in [1.82, 2.24) is 9.97 Å². The zero-order valence-corrected chi connectivity index (χ0v) is 19.9. The molecular weight excluding hydrogens is 442 g/mol. The molecule has 170 valence electrons. The first-order chi connectivity index (χ1) is 17.5. The number of hydrogen-bond acceptors (Lipinski definition) is 4. The van der Waals surface area contributed by atoms with E-state index >= 15 is 0 Å². The Morgan fingerprint density at radius 1 is 0.694 bits per heavy atom. The van der Waals surface area contributed by atoms with Gasteiger partial charge in [0.15, 0.2) is 0 Å². The van der Waals surface area contributed by atoms with E-state index in [2.05, 4.69) is 90.5 Å². The van der Waals surface area contributed by atoms with Crippen molar-refractivity contribution in [1.29, 1.82) is 5.26 Å². The summed E-state index contributed by atoms with van der Waals surface area (Å²) in [6.45, 7) is 4.48. The van der Waals surface area contributed by atoms with Gasteiger partial charge in [-0.3, -0.25) is 0 Å². The number of benzene rings is 4. The quantitative estimate of drug-likeness (QED) is 0.262. The topological polar surface area (TPSA) is 62.7 Å². The van der Waals surface area contributed by atoms with Gasteiger partial charge in [-0.1, -0.05) is 62.4 Å². The third-order valence-electron chi connectivity index (χ3n) is 7.46. The van der Waals surface area contributed by atoms with E-state index in [-0.39, 0.29) is 5.41 Å². The van der Waals surface area contributed by atoms with Crippen LogP contribution in [0, 0.1) is 11.3 Å². The molecule has 4 heteroatoms. The summed E-state index contributed by atoms with van der Waals surface area (Å²) in [6.07, 6.45) is 3.34. The second-order valence-corrected chi connectivity index (χ2v) is 9.86. The molecule has 36 heavy (non-hydrogen) atoms.